The van der Waals surface area contributed by atoms with Gasteiger partial charge in [-0.2, -0.15) is 5.26 Å². The van der Waals surface area contributed by atoms with Crippen LogP contribution in [0, 0.1) is 17.2 Å². The summed E-state index contributed by atoms with van der Waals surface area (Å²) in [4.78, 5) is 13.6. The molecule has 5 nitrogen and oxygen atoms in total. The van der Waals surface area contributed by atoms with Crippen LogP contribution in [0.2, 0.25) is 0 Å². The molecule has 0 aliphatic rings. The molecular weight excluding hydrogens is 230 g/mol. The number of ether oxygens (including phenoxy) is 1. The Bertz CT molecular complexity index is 480. The first kappa shape index (κ1) is 13.8. The average molecular weight is 247 g/mol. The largest absolute Gasteiger partial charge is 0.495 e. The molecule has 0 bridgehead atoms. The fraction of sp³-hybridized carbons (Fsp3) is 0.385. The van der Waals surface area contributed by atoms with E-state index >= 15 is 0 Å². The molecule has 0 aromatic heterocycles. The summed E-state index contributed by atoms with van der Waals surface area (Å²) >= 11 is 0. The van der Waals surface area contributed by atoms with Crippen molar-refractivity contribution < 1.29 is 9.53 Å². The Morgan fingerprint density at radius 1 is 1.61 bits per heavy atom. The monoisotopic (exact) mass is 247 g/mol. The van der Waals surface area contributed by atoms with Crippen molar-refractivity contribution in [1.29, 1.82) is 5.26 Å². The van der Waals surface area contributed by atoms with Gasteiger partial charge in [0.1, 0.15) is 5.75 Å². The van der Waals surface area contributed by atoms with E-state index in [9.17, 15) is 4.79 Å². The van der Waals surface area contributed by atoms with Gasteiger partial charge >= 0.3 is 0 Å². The first-order valence-corrected chi connectivity index (χ1v) is 5.58. The van der Waals surface area contributed by atoms with Crippen molar-refractivity contribution in [3.63, 3.8) is 0 Å². The van der Waals surface area contributed by atoms with Gasteiger partial charge in [0.15, 0.2) is 0 Å². The maximum atomic E-state index is 12.1. The minimum Gasteiger partial charge on any atom is -0.495 e. The molecule has 0 saturated heterocycles. The van der Waals surface area contributed by atoms with Gasteiger partial charge in [-0.3, -0.25) is 4.79 Å². The third-order valence-electron chi connectivity index (χ3n) is 2.59. The van der Waals surface area contributed by atoms with E-state index in [0.29, 0.717) is 23.5 Å². The highest BCUT2D eigenvalue weighted by Gasteiger charge is 2.15. The number of carbonyl (C=O) groups is 1. The number of amides is 1. The van der Waals surface area contributed by atoms with Crippen LogP contribution in [0.15, 0.2) is 18.2 Å². The Kier molecular flexibility index (Phi) is 4.55. The van der Waals surface area contributed by atoms with Gasteiger partial charge in [0.2, 0.25) is 0 Å². The van der Waals surface area contributed by atoms with Gasteiger partial charge in [0.25, 0.3) is 5.91 Å². The smallest absolute Gasteiger partial charge is 0.253 e. The number of hydrogen-bond acceptors (Lipinski definition) is 4. The number of rotatable bonds is 4. The molecule has 0 spiro atoms. The molecule has 1 aromatic carbocycles. The zero-order valence-corrected chi connectivity index (χ0v) is 10.8. The molecule has 1 amide bonds. The lowest BCUT2D eigenvalue weighted by Gasteiger charge is -2.18. The molecule has 1 unspecified atom stereocenters. The molecule has 0 heterocycles. The Labute approximate surface area is 107 Å². The normalized spacial score (nSPS) is 11.4. The van der Waals surface area contributed by atoms with Crippen LogP contribution in [0.1, 0.15) is 17.3 Å². The number of benzene rings is 1. The topological polar surface area (TPSA) is 79.3 Å². The molecular formula is C13H17N3O2. The maximum Gasteiger partial charge on any atom is 0.253 e. The maximum absolute atomic E-state index is 12.1. The lowest BCUT2D eigenvalue weighted by molar-refractivity contribution is 0.0785. The predicted octanol–water partition coefficient (Wildman–Crippen LogP) is 1.51. The second-order valence-corrected chi connectivity index (χ2v) is 4.17. The van der Waals surface area contributed by atoms with Crippen LogP contribution < -0.4 is 10.5 Å². The predicted molar refractivity (Wildman–Crippen MR) is 69.1 cm³/mol. The molecule has 0 fully saturated rings. The van der Waals surface area contributed by atoms with Gasteiger partial charge in [-0.15, -0.1) is 0 Å². The molecule has 18 heavy (non-hydrogen) atoms. The highest BCUT2D eigenvalue weighted by Crippen LogP contribution is 2.22. The van der Waals surface area contributed by atoms with Crippen LogP contribution in [0.5, 0.6) is 5.75 Å². The van der Waals surface area contributed by atoms with Gasteiger partial charge in [0, 0.05) is 19.2 Å². The quantitative estimate of drug-likeness (QED) is 0.818. The second kappa shape index (κ2) is 5.92. The fourth-order valence-corrected chi connectivity index (χ4v) is 1.62. The molecule has 0 aliphatic heterocycles. The van der Waals surface area contributed by atoms with Gasteiger partial charge in [0.05, 0.1) is 24.8 Å². The summed E-state index contributed by atoms with van der Waals surface area (Å²) in [6.45, 7) is 2.16. The van der Waals surface area contributed by atoms with Crippen molar-refractivity contribution in [2.75, 3.05) is 26.4 Å². The molecule has 2 N–H and O–H groups in total. The van der Waals surface area contributed by atoms with E-state index in [2.05, 4.69) is 6.07 Å². The fourth-order valence-electron chi connectivity index (χ4n) is 1.62. The summed E-state index contributed by atoms with van der Waals surface area (Å²) in [7, 11) is 3.19. The highest BCUT2D eigenvalue weighted by atomic mass is 16.5. The van der Waals surface area contributed by atoms with Crippen LogP contribution in [0.3, 0.4) is 0 Å². The van der Waals surface area contributed by atoms with E-state index < -0.39 is 0 Å². The number of methoxy groups -OCH3 is 1. The van der Waals surface area contributed by atoms with E-state index in [1.807, 2.05) is 0 Å². The first-order chi connectivity index (χ1) is 8.49. The zero-order valence-electron chi connectivity index (χ0n) is 10.8. The third-order valence-corrected chi connectivity index (χ3v) is 2.59. The SMILES string of the molecule is COc1ccc(C(=O)N(C)CC(C)C#N)cc1N. The van der Waals surface area contributed by atoms with Gasteiger partial charge in [-0.1, -0.05) is 0 Å². The number of carbonyl (C=O) groups excluding carboxylic acids is 1. The number of hydrogen-bond donors (Lipinski definition) is 1. The Morgan fingerprint density at radius 3 is 2.78 bits per heavy atom. The van der Waals surface area contributed by atoms with Gasteiger partial charge in [-0.05, 0) is 25.1 Å². The van der Waals surface area contributed by atoms with E-state index in [0.717, 1.165) is 0 Å². The summed E-state index contributed by atoms with van der Waals surface area (Å²) < 4.78 is 5.03. The van der Waals surface area contributed by atoms with E-state index in [4.69, 9.17) is 15.7 Å². The molecule has 0 aliphatic carbocycles. The first-order valence-electron chi connectivity index (χ1n) is 5.58. The van der Waals surface area contributed by atoms with Crippen molar-refractivity contribution in [3.05, 3.63) is 23.8 Å². The van der Waals surface area contributed by atoms with Gasteiger partial charge in [-0.25, -0.2) is 0 Å². The lowest BCUT2D eigenvalue weighted by atomic mass is 10.1. The summed E-state index contributed by atoms with van der Waals surface area (Å²) in [5.41, 5.74) is 6.66. The van der Waals surface area contributed by atoms with Crippen LogP contribution in [-0.2, 0) is 0 Å². The summed E-state index contributed by atoms with van der Waals surface area (Å²) in [5, 5.41) is 8.72. The number of anilines is 1. The minimum absolute atomic E-state index is 0.161. The molecule has 96 valence electrons. The van der Waals surface area contributed by atoms with Gasteiger partial charge < -0.3 is 15.4 Å². The van der Waals surface area contributed by atoms with Crippen molar-refractivity contribution in [1.82, 2.24) is 4.90 Å². The lowest BCUT2D eigenvalue weighted by Crippen LogP contribution is -2.30. The zero-order chi connectivity index (χ0) is 13.7. The number of nitrogen functional groups attached to an aromatic ring is 1. The van der Waals surface area contributed by atoms with Crippen molar-refractivity contribution in [2.24, 2.45) is 5.92 Å². The molecule has 0 radical (unpaired) electrons. The highest BCUT2D eigenvalue weighted by molar-refractivity contribution is 5.95. The Balaban J connectivity index is 2.84. The van der Waals surface area contributed by atoms with Crippen LogP contribution >= 0.6 is 0 Å². The summed E-state index contributed by atoms with van der Waals surface area (Å²) in [6, 6.07) is 6.99. The summed E-state index contributed by atoms with van der Waals surface area (Å²) in [5.74, 6) is 0.181. The molecule has 1 rings (SSSR count). The van der Waals surface area contributed by atoms with E-state index in [1.54, 1.807) is 32.2 Å². The number of nitriles is 1. The number of nitrogens with two attached hydrogens (primary N) is 1. The van der Waals surface area contributed by atoms with Crippen LogP contribution in [0.4, 0.5) is 5.69 Å². The Hall–Kier alpha value is -2.22. The minimum atomic E-state index is -0.199. The van der Waals surface area contributed by atoms with Crippen molar-refractivity contribution in [3.8, 4) is 11.8 Å². The van der Waals surface area contributed by atoms with Crippen LogP contribution in [0.25, 0.3) is 0 Å². The average Bonchev–Trinajstić information content (AvgIpc) is 2.37. The van der Waals surface area contributed by atoms with Crippen molar-refractivity contribution >= 4 is 11.6 Å². The van der Waals surface area contributed by atoms with Crippen LogP contribution in [-0.4, -0.2) is 31.5 Å². The molecule has 1 aromatic rings. The standard InChI is InChI=1S/C13H17N3O2/c1-9(7-14)8-16(2)13(17)10-4-5-12(18-3)11(15)6-10/h4-6,9H,8,15H2,1-3H3. The Morgan fingerprint density at radius 2 is 2.28 bits per heavy atom. The van der Waals surface area contributed by atoms with E-state index in [1.165, 1.54) is 12.0 Å². The molecule has 5 heteroatoms. The number of nitrogens with zero attached hydrogens (tertiary/aromatic N) is 2. The summed E-state index contributed by atoms with van der Waals surface area (Å²) in [6.07, 6.45) is 0. The van der Waals surface area contributed by atoms with Crippen molar-refractivity contribution in [2.45, 2.75) is 6.92 Å². The molecule has 1 atom stereocenters. The van der Waals surface area contributed by atoms with E-state index in [-0.39, 0.29) is 11.8 Å². The molecule has 0 saturated carbocycles. The second-order valence-electron chi connectivity index (χ2n) is 4.17. The third kappa shape index (κ3) is 3.14.